The number of hydrogen-bond acceptors (Lipinski definition) is 5. The van der Waals surface area contributed by atoms with Crippen molar-refractivity contribution in [3.63, 3.8) is 0 Å². The van der Waals surface area contributed by atoms with E-state index in [2.05, 4.69) is 5.32 Å². The summed E-state index contributed by atoms with van der Waals surface area (Å²) >= 11 is 0. The van der Waals surface area contributed by atoms with Crippen LogP contribution in [0.4, 0.5) is 5.69 Å². The zero-order valence-corrected chi connectivity index (χ0v) is 14.4. The lowest BCUT2D eigenvalue weighted by atomic mass is 10.1. The van der Waals surface area contributed by atoms with Crippen LogP contribution in [0, 0.1) is 5.92 Å². The summed E-state index contributed by atoms with van der Waals surface area (Å²) < 4.78 is 37.6. The molecule has 0 fully saturated rings. The van der Waals surface area contributed by atoms with Gasteiger partial charge in [-0.3, -0.25) is 14.1 Å². The largest absolute Gasteiger partial charge is 0.492 e. The molecular weight excluding hydrogens is 322 g/mol. The predicted octanol–water partition coefficient (Wildman–Crippen LogP) is 2.06. The van der Waals surface area contributed by atoms with Crippen LogP contribution in [0.1, 0.15) is 33.3 Å². The second kappa shape index (κ2) is 7.56. The highest BCUT2D eigenvalue weighted by Gasteiger charge is 2.22. The van der Waals surface area contributed by atoms with E-state index in [1.54, 1.807) is 13.8 Å². The predicted molar refractivity (Wildman–Crippen MR) is 85.3 cm³/mol. The SMILES string of the molecule is CCOc1cc(S(=O)(=O)O)c(CC)cc1NC(=O)C(C)C(C)=O. The molecule has 0 aromatic heterocycles. The number of nitrogens with one attached hydrogen (secondary N) is 1. The van der Waals surface area contributed by atoms with Crippen molar-refractivity contribution >= 4 is 27.5 Å². The van der Waals surface area contributed by atoms with Gasteiger partial charge >= 0.3 is 0 Å². The van der Waals surface area contributed by atoms with Crippen molar-refractivity contribution in [1.29, 1.82) is 0 Å². The summed E-state index contributed by atoms with van der Waals surface area (Å²) in [6.07, 6.45) is 0.326. The number of aryl methyl sites for hydroxylation is 1. The molecule has 0 radical (unpaired) electrons. The molecule has 0 bridgehead atoms. The van der Waals surface area contributed by atoms with Crippen LogP contribution >= 0.6 is 0 Å². The fourth-order valence-electron chi connectivity index (χ4n) is 1.92. The number of benzene rings is 1. The molecule has 0 saturated carbocycles. The Kier molecular flexibility index (Phi) is 6.28. The van der Waals surface area contributed by atoms with Crippen molar-refractivity contribution in [2.24, 2.45) is 5.92 Å². The standard InChI is InChI=1S/C15H21NO6S/c1-5-11-7-12(16-15(18)9(3)10(4)17)13(22-6-2)8-14(11)23(19,20)21/h7-9H,5-6H2,1-4H3,(H,16,18)(H,19,20,21). The van der Waals surface area contributed by atoms with Crippen molar-refractivity contribution in [2.75, 3.05) is 11.9 Å². The van der Waals surface area contributed by atoms with E-state index in [0.29, 0.717) is 12.0 Å². The van der Waals surface area contributed by atoms with Crippen molar-refractivity contribution in [1.82, 2.24) is 0 Å². The fourth-order valence-corrected chi connectivity index (χ4v) is 2.71. The summed E-state index contributed by atoms with van der Waals surface area (Å²) in [5, 5.41) is 2.57. The maximum atomic E-state index is 12.0. The van der Waals surface area contributed by atoms with E-state index in [0.717, 1.165) is 0 Å². The van der Waals surface area contributed by atoms with Gasteiger partial charge in [0.25, 0.3) is 10.1 Å². The van der Waals surface area contributed by atoms with Crippen LogP contribution in [0.25, 0.3) is 0 Å². The van der Waals surface area contributed by atoms with Crippen molar-refractivity contribution in [3.8, 4) is 5.75 Å². The zero-order chi connectivity index (χ0) is 17.8. The van der Waals surface area contributed by atoms with Crippen molar-refractivity contribution < 1.29 is 27.3 Å². The highest BCUT2D eigenvalue weighted by Crippen LogP contribution is 2.32. The Labute approximate surface area is 135 Å². The number of rotatable bonds is 7. The van der Waals surface area contributed by atoms with Crippen molar-refractivity contribution in [3.05, 3.63) is 17.7 Å². The Morgan fingerprint density at radius 3 is 2.35 bits per heavy atom. The molecule has 1 aromatic carbocycles. The Morgan fingerprint density at radius 1 is 1.30 bits per heavy atom. The van der Waals surface area contributed by atoms with Crippen LogP contribution in [0.3, 0.4) is 0 Å². The average molecular weight is 343 g/mol. The second-order valence-corrected chi connectivity index (χ2v) is 6.43. The van der Waals surface area contributed by atoms with Crippen LogP contribution in [0.2, 0.25) is 0 Å². The minimum Gasteiger partial charge on any atom is -0.492 e. The number of anilines is 1. The van der Waals surface area contributed by atoms with Gasteiger partial charge in [-0.25, -0.2) is 0 Å². The lowest BCUT2D eigenvalue weighted by Crippen LogP contribution is -2.26. The Morgan fingerprint density at radius 2 is 1.91 bits per heavy atom. The maximum Gasteiger partial charge on any atom is 0.294 e. The number of amides is 1. The van der Waals surface area contributed by atoms with Gasteiger partial charge in [0.2, 0.25) is 5.91 Å². The Bertz CT molecular complexity index is 711. The van der Waals surface area contributed by atoms with Gasteiger partial charge in [-0.15, -0.1) is 0 Å². The summed E-state index contributed by atoms with van der Waals surface area (Å²) in [4.78, 5) is 23.1. The van der Waals surface area contributed by atoms with Gasteiger partial charge in [-0.05, 0) is 38.8 Å². The molecule has 0 aliphatic heterocycles. The molecule has 1 amide bonds. The molecule has 0 aliphatic carbocycles. The van der Waals surface area contributed by atoms with Crippen LogP contribution in [-0.2, 0) is 26.1 Å². The molecule has 0 aliphatic rings. The summed E-state index contributed by atoms with van der Waals surface area (Å²) in [5.41, 5.74) is 0.593. The number of ether oxygens (including phenoxy) is 1. The number of hydrogen-bond donors (Lipinski definition) is 2. The van der Waals surface area contributed by atoms with Crippen LogP contribution < -0.4 is 10.1 Å². The third-order valence-electron chi connectivity index (χ3n) is 3.38. The molecule has 2 N–H and O–H groups in total. The van der Waals surface area contributed by atoms with Gasteiger partial charge < -0.3 is 10.1 Å². The molecule has 1 atom stereocenters. The summed E-state index contributed by atoms with van der Waals surface area (Å²) in [7, 11) is -4.41. The summed E-state index contributed by atoms with van der Waals surface area (Å²) in [5.74, 6) is -1.52. The fraction of sp³-hybridized carbons (Fsp3) is 0.467. The first-order valence-corrected chi connectivity index (χ1v) is 8.64. The summed E-state index contributed by atoms with van der Waals surface area (Å²) in [6, 6.07) is 2.60. The van der Waals surface area contributed by atoms with E-state index in [4.69, 9.17) is 4.74 Å². The second-order valence-electron chi connectivity index (χ2n) is 5.04. The lowest BCUT2D eigenvalue weighted by molar-refractivity contribution is -0.129. The molecular formula is C15H21NO6S. The van der Waals surface area contributed by atoms with Gasteiger partial charge in [0, 0.05) is 6.07 Å². The van der Waals surface area contributed by atoms with E-state index in [1.807, 2.05) is 0 Å². The molecule has 8 heteroatoms. The molecule has 7 nitrogen and oxygen atoms in total. The molecule has 0 heterocycles. The van der Waals surface area contributed by atoms with Gasteiger partial charge in [-0.1, -0.05) is 6.92 Å². The van der Waals surface area contributed by atoms with E-state index < -0.39 is 21.9 Å². The Balaban J connectivity index is 3.36. The highest BCUT2D eigenvalue weighted by atomic mass is 32.2. The maximum absolute atomic E-state index is 12.0. The third kappa shape index (κ3) is 4.77. The van der Waals surface area contributed by atoms with E-state index >= 15 is 0 Å². The minimum absolute atomic E-state index is 0.112. The van der Waals surface area contributed by atoms with E-state index in [1.165, 1.54) is 26.0 Å². The average Bonchev–Trinajstić information content (AvgIpc) is 2.46. The highest BCUT2D eigenvalue weighted by molar-refractivity contribution is 7.85. The normalized spacial score (nSPS) is 12.6. The first-order chi connectivity index (χ1) is 10.6. The number of ketones is 1. The zero-order valence-electron chi connectivity index (χ0n) is 13.5. The monoisotopic (exact) mass is 343 g/mol. The molecule has 0 spiro atoms. The molecule has 1 rings (SSSR count). The Hall–Kier alpha value is -1.93. The van der Waals surface area contributed by atoms with Crippen LogP contribution in [0.5, 0.6) is 5.75 Å². The minimum atomic E-state index is -4.41. The smallest absolute Gasteiger partial charge is 0.294 e. The van der Waals surface area contributed by atoms with Gasteiger partial charge in [-0.2, -0.15) is 8.42 Å². The van der Waals surface area contributed by atoms with Crippen LogP contribution in [-0.4, -0.2) is 31.3 Å². The summed E-state index contributed by atoms with van der Waals surface area (Å²) in [6.45, 7) is 6.44. The first kappa shape index (κ1) is 19.1. The topological polar surface area (TPSA) is 110 Å². The number of carbonyl (C=O) groups excluding carboxylic acids is 2. The van der Waals surface area contributed by atoms with Gasteiger partial charge in [0.05, 0.1) is 18.2 Å². The van der Waals surface area contributed by atoms with Gasteiger partial charge in [0.1, 0.15) is 16.4 Å². The number of Topliss-reactive ketones (excluding diaryl/α,β-unsaturated/α-hetero) is 1. The molecule has 23 heavy (non-hydrogen) atoms. The van der Waals surface area contributed by atoms with Crippen LogP contribution in [0.15, 0.2) is 17.0 Å². The molecule has 128 valence electrons. The number of carbonyl (C=O) groups is 2. The molecule has 1 aromatic rings. The van der Waals surface area contributed by atoms with Gasteiger partial charge in [0.15, 0.2) is 0 Å². The quantitative estimate of drug-likeness (QED) is 0.579. The van der Waals surface area contributed by atoms with E-state index in [9.17, 15) is 22.6 Å². The van der Waals surface area contributed by atoms with Crippen molar-refractivity contribution in [2.45, 2.75) is 39.0 Å². The molecule has 1 unspecified atom stereocenters. The third-order valence-corrected chi connectivity index (χ3v) is 4.32. The first-order valence-electron chi connectivity index (χ1n) is 7.20. The van der Waals surface area contributed by atoms with E-state index in [-0.39, 0.29) is 28.7 Å². The molecule has 0 saturated heterocycles. The lowest BCUT2D eigenvalue weighted by Gasteiger charge is -2.16.